The van der Waals surface area contributed by atoms with Crippen LogP contribution < -0.4 is 0 Å². The Bertz CT molecular complexity index is 639. The summed E-state index contributed by atoms with van der Waals surface area (Å²) in [6.45, 7) is 14.4. The summed E-state index contributed by atoms with van der Waals surface area (Å²) in [5.74, 6) is 4.29. The van der Waals surface area contributed by atoms with Gasteiger partial charge in [0.2, 0.25) is 0 Å². The molecule has 0 aromatic heterocycles. The molecule has 3 aliphatic rings. The lowest BCUT2D eigenvalue weighted by atomic mass is 9.61. The molecule has 3 saturated carbocycles. The van der Waals surface area contributed by atoms with Gasteiger partial charge in [0.1, 0.15) is 0 Å². The van der Waals surface area contributed by atoms with Gasteiger partial charge in [0.25, 0.3) is 0 Å². The van der Waals surface area contributed by atoms with Gasteiger partial charge in [0, 0.05) is 0 Å². The van der Waals surface area contributed by atoms with Gasteiger partial charge in [0.15, 0.2) is 0 Å². The zero-order valence-electron chi connectivity index (χ0n) is 20.0. The molecular weight excluding hydrogens is 352 g/mol. The third-order valence-corrected chi connectivity index (χ3v) is 8.99. The Hall–Kier alpha value is -0.820. The van der Waals surface area contributed by atoms with Crippen molar-refractivity contribution >= 4 is 0 Å². The topological polar surface area (TPSA) is 20.2 Å². The second-order valence-electron chi connectivity index (χ2n) is 11.3. The number of fused-ring (bicyclic) bond motifs is 1. The highest BCUT2D eigenvalue weighted by Gasteiger charge is 2.50. The number of aliphatic hydroxyl groups is 1. The van der Waals surface area contributed by atoms with Gasteiger partial charge in [-0.1, -0.05) is 77.0 Å². The highest BCUT2D eigenvalue weighted by atomic mass is 16.3. The molecule has 3 aliphatic carbocycles. The molecule has 0 saturated heterocycles. The van der Waals surface area contributed by atoms with Gasteiger partial charge in [-0.15, -0.1) is 0 Å². The fourth-order valence-electron chi connectivity index (χ4n) is 6.50. The van der Waals surface area contributed by atoms with Gasteiger partial charge in [-0.2, -0.15) is 0 Å². The predicted octanol–water partition coefficient (Wildman–Crippen LogP) is 7.72. The Balaban J connectivity index is 1.74. The van der Waals surface area contributed by atoms with Crippen LogP contribution in [0.3, 0.4) is 0 Å². The third kappa shape index (κ3) is 5.09. The summed E-state index contributed by atoms with van der Waals surface area (Å²) < 4.78 is 0. The number of rotatable bonds is 5. The molecule has 1 N–H and O–H groups in total. The molecular formula is C28H46O. The zero-order chi connectivity index (χ0) is 21.2. The number of allylic oxidation sites excluding steroid dienone is 5. The molecule has 7 atom stereocenters. The van der Waals surface area contributed by atoms with E-state index < -0.39 is 0 Å². The molecule has 0 spiro atoms. The Morgan fingerprint density at radius 1 is 0.966 bits per heavy atom. The van der Waals surface area contributed by atoms with Crippen LogP contribution in [0.15, 0.2) is 35.5 Å². The summed E-state index contributed by atoms with van der Waals surface area (Å²) in [6.07, 6.45) is 19.5. The molecule has 3 rings (SSSR count). The zero-order valence-corrected chi connectivity index (χ0v) is 20.0. The first-order chi connectivity index (χ1) is 13.7. The van der Waals surface area contributed by atoms with E-state index in [4.69, 9.17) is 0 Å². The van der Waals surface area contributed by atoms with E-state index in [0.29, 0.717) is 23.2 Å². The molecule has 1 unspecified atom stereocenters. The van der Waals surface area contributed by atoms with Crippen molar-refractivity contribution in [3.63, 3.8) is 0 Å². The van der Waals surface area contributed by atoms with Gasteiger partial charge in [-0.25, -0.2) is 0 Å². The Morgan fingerprint density at radius 3 is 2.41 bits per heavy atom. The van der Waals surface area contributed by atoms with Crippen LogP contribution >= 0.6 is 0 Å². The van der Waals surface area contributed by atoms with E-state index in [1.807, 2.05) is 0 Å². The van der Waals surface area contributed by atoms with E-state index in [1.165, 1.54) is 37.7 Å². The maximum Gasteiger partial charge on any atom is 0.0577 e. The predicted molar refractivity (Wildman–Crippen MR) is 126 cm³/mol. The molecule has 1 heteroatoms. The van der Waals surface area contributed by atoms with Crippen molar-refractivity contribution < 1.29 is 5.11 Å². The van der Waals surface area contributed by atoms with Crippen LogP contribution in [-0.4, -0.2) is 11.2 Å². The molecule has 3 fully saturated rings. The SMILES string of the molecule is CC(C)C(C)/C=C/[C@@H](C)[C@H]1CC[C@H]2/C(=C/C=C3\C[C@@H](O)CC[C@@H]3C)CCC[C@]12C. The van der Waals surface area contributed by atoms with Crippen molar-refractivity contribution in [1.29, 1.82) is 0 Å². The Labute approximate surface area is 180 Å². The molecule has 0 aromatic rings. The van der Waals surface area contributed by atoms with Crippen molar-refractivity contribution in [1.82, 2.24) is 0 Å². The first-order valence-electron chi connectivity index (χ1n) is 12.5. The molecule has 0 amide bonds. The van der Waals surface area contributed by atoms with E-state index in [9.17, 15) is 5.11 Å². The van der Waals surface area contributed by atoms with Crippen LogP contribution in [0.25, 0.3) is 0 Å². The fraction of sp³-hybridized carbons (Fsp3) is 0.786. The fourth-order valence-corrected chi connectivity index (χ4v) is 6.50. The highest BCUT2D eigenvalue weighted by molar-refractivity contribution is 5.27. The molecule has 0 heterocycles. The van der Waals surface area contributed by atoms with E-state index in [-0.39, 0.29) is 6.10 Å². The molecule has 29 heavy (non-hydrogen) atoms. The van der Waals surface area contributed by atoms with E-state index in [1.54, 1.807) is 5.57 Å². The van der Waals surface area contributed by atoms with Crippen molar-refractivity contribution in [2.75, 3.05) is 0 Å². The van der Waals surface area contributed by atoms with Gasteiger partial charge >= 0.3 is 0 Å². The number of hydrogen-bond acceptors (Lipinski definition) is 1. The average Bonchev–Trinajstić information content (AvgIpc) is 3.04. The summed E-state index contributed by atoms with van der Waals surface area (Å²) >= 11 is 0. The quantitative estimate of drug-likeness (QED) is 0.470. The standard InChI is InChI=1S/C28H46O/c1-19(2)20(3)9-10-22(5)26-15-16-27-23(8-7-17-28(26,27)6)12-13-24-18-25(29)14-11-21(24)4/h9-10,12-13,19-22,25-27,29H,7-8,11,14-18H2,1-6H3/b10-9+,23-12+,24-13+/t20?,21-,22+,25-,26+,27-,28+/m0/s1. The first-order valence-corrected chi connectivity index (χ1v) is 12.5. The summed E-state index contributed by atoms with van der Waals surface area (Å²) in [7, 11) is 0. The van der Waals surface area contributed by atoms with Crippen molar-refractivity contribution in [2.45, 2.75) is 99.0 Å². The van der Waals surface area contributed by atoms with Crippen LogP contribution in [0, 0.1) is 40.9 Å². The van der Waals surface area contributed by atoms with Crippen LogP contribution in [0.1, 0.15) is 92.9 Å². The smallest absolute Gasteiger partial charge is 0.0577 e. The van der Waals surface area contributed by atoms with Gasteiger partial charge in [0.05, 0.1) is 6.10 Å². The van der Waals surface area contributed by atoms with E-state index in [2.05, 4.69) is 65.8 Å². The highest BCUT2D eigenvalue weighted by Crippen LogP contribution is 2.59. The summed E-state index contributed by atoms with van der Waals surface area (Å²) in [5, 5.41) is 10.1. The first kappa shape index (κ1) is 22.9. The lowest BCUT2D eigenvalue weighted by Crippen LogP contribution is -2.35. The summed E-state index contributed by atoms with van der Waals surface area (Å²) in [5.41, 5.74) is 3.63. The number of aliphatic hydroxyl groups excluding tert-OH is 1. The second-order valence-corrected chi connectivity index (χ2v) is 11.3. The van der Waals surface area contributed by atoms with Crippen LogP contribution in [0.5, 0.6) is 0 Å². The van der Waals surface area contributed by atoms with E-state index >= 15 is 0 Å². The Morgan fingerprint density at radius 2 is 1.69 bits per heavy atom. The van der Waals surface area contributed by atoms with E-state index in [0.717, 1.165) is 37.0 Å². The normalized spacial score (nSPS) is 40.7. The number of hydrogen-bond donors (Lipinski definition) is 1. The summed E-state index contributed by atoms with van der Waals surface area (Å²) in [4.78, 5) is 0. The lowest BCUT2D eigenvalue weighted by Gasteiger charge is -2.44. The van der Waals surface area contributed by atoms with Crippen LogP contribution in [0.2, 0.25) is 0 Å². The minimum atomic E-state index is -0.121. The van der Waals surface area contributed by atoms with Crippen LogP contribution in [-0.2, 0) is 0 Å². The average molecular weight is 399 g/mol. The minimum Gasteiger partial charge on any atom is -0.393 e. The maximum atomic E-state index is 10.1. The molecule has 0 radical (unpaired) electrons. The minimum absolute atomic E-state index is 0.121. The molecule has 0 aliphatic heterocycles. The van der Waals surface area contributed by atoms with Crippen LogP contribution in [0.4, 0.5) is 0 Å². The second kappa shape index (κ2) is 9.54. The Kier molecular flexibility index (Phi) is 7.52. The van der Waals surface area contributed by atoms with Crippen molar-refractivity contribution in [3.8, 4) is 0 Å². The summed E-state index contributed by atoms with van der Waals surface area (Å²) in [6, 6.07) is 0. The molecule has 0 aromatic carbocycles. The third-order valence-electron chi connectivity index (χ3n) is 8.99. The molecule has 164 valence electrons. The van der Waals surface area contributed by atoms with Gasteiger partial charge < -0.3 is 5.11 Å². The molecule has 1 nitrogen and oxygen atoms in total. The molecule has 0 bridgehead atoms. The van der Waals surface area contributed by atoms with Crippen molar-refractivity contribution in [3.05, 3.63) is 35.5 Å². The lowest BCUT2D eigenvalue weighted by molar-refractivity contribution is 0.112. The van der Waals surface area contributed by atoms with Gasteiger partial charge in [-0.3, -0.25) is 0 Å². The van der Waals surface area contributed by atoms with Crippen molar-refractivity contribution in [2.24, 2.45) is 40.9 Å². The largest absolute Gasteiger partial charge is 0.393 e. The van der Waals surface area contributed by atoms with Gasteiger partial charge in [-0.05, 0) is 92.3 Å². The maximum absolute atomic E-state index is 10.1. The monoisotopic (exact) mass is 398 g/mol.